The summed E-state index contributed by atoms with van der Waals surface area (Å²) in [6.45, 7) is 1.91. The van der Waals surface area contributed by atoms with Crippen molar-refractivity contribution < 1.29 is 4.74 Å². The summed E-state index contributed by atoms with van der Waals surface area (Å²) in [5.41, 5.74) is 0. The molecule has 0 saturated carbocycles. The molecule has 1 fully saturated rings. The van der Waals surface area contributed by atoms with Gasteiger partial charge in [-0.1, -0.05) is 27.5 Å². The molecule has 1 saturated heterocycles. The van der Waals surface area contributed by atoms with Gasteiger partial charge in [0, 0.05) is 17.9 Å². The number of rotatable bonds is 2. The first-order chi connectivity index (χ1) is 7.70. The van der Waals surface area contributed by atoms with Crippen molar-refractivity contribution in [3.8, 4) is 6.01 Å². The maximum atomic E-state index is 6.09. The van der Waals surface area contributed by atoms with Gasteiger partial charge in [-0.2, -0.15) is 4.98 Å². The van der Waals surface area contributed by atoms with Crippen LogP contribution in [0.15, 0.2) is 6.20 Å². The lowest BCUT2D eigenvalue weighted by molar-refractivity contribution is 0.379. The molecule has 0 spiro atoms. The van der Waals surface area contributed by atoms with Crippen molar-refractivity contribution in [1.29, 1.82) is 0 Å². The van der Waals surface area contributed by atoms with Gasteiger partial charge in [0.2, 0.25) is 0 Å². The Bertz CT molecular complexity index is 369. The van der Waals surface area contributed by atoms with Gasteiger partial charge in [0.25, 0.3) is 0 Å². The van der Waals surface area contributed by atoms with E-state index in [0.29, 0.717) is 15.9 Å². The van der Waals surface area contributed by atoms with Crippen molar-refractivity contribution >= 4 is 33.3 Å². The number of hydrogen-bond donors (Lipinski definition) is 0. The van der Waals surface area contributed by atoms with Crippen molar-refractivity contribution in [2.45, 2.75) is 17.7 Å². The Morgan fingerprint density at radius 2 is 2.19 bits per heavy atom. The van der Waals surface area contributed by atoms with Crippen molar-refractivity contribution in [2.75, 3.05) is 25.1 Å². The summed E-state index contributed by atoms with van der Waals surface area (Å²) in [5.74, 6) is 0.771. The number of halogens is 2. The highest BCUT2D eigenvalue weighted by atomic mass is 79.9. The number of piperidine rings is 1. The predicted molar refractivity (Wildman–Crippen MR) is 67.8 cm³/mol. The van der Waals surface area contributed by atoms with Gasteiger partial charge in [-0.15, -0.1) is 0 Å². The fourth-order valence-corrected chi connectivity index (χ4v) is 2.34. The Morgan fingerprint density at radius 1 is 1.50 bits per heavy atom. The van der Waals surface area contributed by atoms with E-state index < -0.39 is 0 Å². The van der Waals surface area contributed by atoms with Crippen molar-refractivity contribution in [3.05, 3.63) is 11.2 Å². The van der Waals surface area contributed by atoms with Crippen molar-refractivity contribution in [3.63, 3.8) is 0 Å². The first-order valence-corrected chi connectivity index (χ1v) is 6.45. The number of anilines is 1. The van der Waals surface area contributed by atoms with Crippen LogP contribution in [0.5, 0.6) is 6.01 Å². The van der Waals surface area contributed by atoms with Crippen LogP contribution >= 0.6 is 27.5 Å². The van der Waals surface area contributed by atoms with Gasteiger partial charge in [-0.05, 0) is 12.8 Å². The Kier molecular flexibility index (Phi) is 3.86. The van der Waals surface area contributed by atoms with E-state index >= 15 is 0 Å². The van der Waals surface area contributed by atoms with Gasteiger partial charge in [-0.25, -0.2) is 4.98 Å². The van der Waals surface area contributed by atoms with E-state index in [9.17, 15) is 0 Å². The van der Waals surface area contributed by atoms with Crippen LogP contribution in [-0.4, -0.2) is 35.0 Å². The summed E-state index contributed by atoms with van der Waals surface area (Å²) in [6.07, 6.45) is 3.79. The van der Waals surface area contributed by atoms with E-state index in [4.69, 9.17) is 16.3 Å². The fraction of sp³-hybridized carbons (Fsp3) is 0.600. The zero-order valence-corrected chi connectivity index (χ0v) is 11.3. The molecule has 6 heteroatoms. The predicted octanol–water partition coefficient (Wildman–Crippen LogP) is 2.50. The van der Waals surface area contributed by atoms with E-state index in [-0.39, 0.29) is 0 Å². The molecule has 16 heavy (non-hydrogen) atoms. The quantitative estimate of drug-likeness (QED) is 0.787. The van der Waals surface area contributed by atoms with Gasteiger partial charge in [0.15, 0.2) is 5.82 Å². The number of methoxy groups -OCH3 is 1. The topological polar surface area (TPSA) is 38.2 Å². The molecule has 88 valence electrons. The molecule has 1 aliphatic rings. The van der Waals surface area contributed by atoms with Gasteiger partial charge in [-0.3, -0.25) is 0 Å². The molecule has 4 nitrogen and oxygen atoms in total. The van der Waals surface area contributed by atoms with Crippen LogP contribution in [0.4, 0.5) is 5.82 Å². The normalized spacial score (nSPS) is 17.6. The lowest BCUT2D eigenvalue weighted by Crippen LogP contribution is -2.34. The van der Waals surface area contributed by atoms with Crippen LogP contribution in [0, 0.1) is 0 Å². The second kappa shape index (κ2) is 5.19. The number of aromatic nitrogens is 2. The number of ether oxygens (including phenoxy) is 1. The minimum atomic E-state index is 0.361. The summed E-state index contributed by atoms with van der Waals surface area (Å²) in [7, 11) is 1.55. The summed E-state index contributed by atoms with van der Waals surface area (Å²) >= 11 is 9.71. The highest BCUT2D eigenvalue weighted by molar-refractivity contribution is 9.09. The monoisotopic (exact) mass is 305 g/mol. The first-order valence-electron chi connectivity index (χ1n) is 5.16. The summed E-state index contributed by atoms with van der Waals surface area (Å²) in [5, 5.41) is 0.578. The standard InChI is InChI=1S/C10H13BrClN3O/c1-16-10-13-6-8(12)9(14-10)15-4-2-7(11)3-5-15/h6-7H,2-5H2,1H3. The average molecular weight is 307 g/mol. The largest absolute Gasteiger partial charge is 0.467 e. The molecule has 0 N–H and O–H groups in total. The van der Waals surface area contributed by atoms with Crippen molar-refractivity contribution in [2.24, 2.45) is 0 Å². The summed E-state index contributed by atoms with van der Waals surface area (Å²) in [4.78, 5) is 11.0. The third-order valence-corrected chi connectivity index (χ3v) is 3.79. The van der Waals surface area contributed by atoms with Crippen molar-refractivity contribution in [1.82, 2.24) is 9.97 Å². The molecular weight excluding hydrogens is 293 g/mol. The Balaban J connectivity index is 2.19. The Morgan fingerprint density at radius 3 is 2.81 bits per heavy atom. The van der Waals surface area contributed by atoms with Gasteiger partial charge in [0.1, 0.15) is 5.02 Å². The first kappa shape index (κ1) is 11.9. The molecular formula is C10H13BrClN3O. The molecule has 1 aromatic heterocycles. The molecule has 2 rings (SSSR count). The minimum absolute atomic E-state index is 0.361. The molecule has 0 unspecified atom stereocenters. The second-order valence-corrected chi connectivity index (χ2v) is 5.39. The summed E-state index contributed by atoms with van der Waals surface area (Å²) < 4.78 is 5.00. The number of nitrogens with zero attached hydrogens (tertiary/aromatic N) is 3. The highest BCUT2D eigenvalue weighted by Crippen LogP contribution is 2.28. The second-order valence-electron chi connectivity index (χ2n) is 3.69. The van der Waals surface area contributed by atoms with Crippen LogP contribution in [0.3, 0.4) is 0 Å². The maximum absolute atomic E-state index is 6.09. The van der Waals surface area contributed by atoms with Gasteiger partial charge >= 0.3 is 6.01 Å². The number of alkyl halides is 1. The molecule has 0 bridgehead atoms. The molecule has 0 amide bonds. The summed E-state index contributed by atoms with van der Waals surface area (Å²) in [6, 6.07) is 0.361. The minimum Gasteiger partial charge on any atom is -0.467 e. The zero-order valence-electron chi connectivity index (χ0n) is 8.99. The van der Waals surface area contributed by atoms with Crippen LogP contribution in [0.1, 0.15) is 12.8 Å². The molecule has 0 aliphatic carbocycles. The molecule has 0 radical (unpaired) electrons. The average Bonchev–Trinajstić information content (AvgIpc) is 2.31. The third-order valence-electron chi connectivity index (χ3n) is 2.61. The van der Waals surface area contributed by atoms with Gasteiger partial charge in [0.05, 0.1) is 13.3 Å². The zero-order chi connectivity index (χ0) is 11.5. The molecule has 0 aromatic carbocycles. The SMILES string of the molecule is COc1ncc(Cl)c(N2CCC(Br)CC2)n1. The lowest BCUT2D eigenvalue weighted by atomic mass is 10.1. The molecule has 1 aliphatic heterocycles. The molecule has 1 aromatic rings. The number of hydrogen-bond acceptors (Lipinski definition) is 4. The van der Waals surface area contributed by atoms with Crippen LogP contribution < -0.4 is 9.64 Å². The molecule has 2 heterocycles. The van der Waals surface area contributed by atoms with Gasteiger partial charge < -0.3 is 9.64 Å². The van der Waals surface area contributed by atoms with Crippen LogP contribution in [0.25, 0.3) is 0 Å². The fourth-order valence-electron chi connectivity index (χ4n) is 1.72. The maximum Gasteiger partial charge on any atom is 0.318 e. The van der Waals surface area contributed by atoms with E-state index in [1.54, 1.807) is 13.3 Å². The van der Waals surface area contributed by atoms with E-state index in [1.807, 2.05) is 0 Å². The Labute approximate surface area is 108 Å². The third kappa shape index (κ3) is 2.58. The van der Waals surface area contributed by atoms with E-state index in [1.165, 1.54) is 0 Å². The highest BCUT2D eigenvalue weighted by Gasteiger charge is 2.20. The van der Waals surface area contributed by atoms with E-state index in [0.717, 1.165) is 31.7 Å². The Hall–Kier alpha value is -0.550. The van der Waals surface area contributed by atoms with Crippen LogP contribution in [-0.2, 0) is 0 Å². The smallest absolute Gasteiger partial charge is 0.318 e. The lowest BCUT2D eigenvalue weighted by Gasteiger charge is -2.30. The van der Waals surface area contributed by atoms with E-state index in [2.05, 4.69) is 30.8 Å². The van der Waals surface area contributed by atoms with Crippen LogP contribution in [0.2, 0.25) is 5.02 Å². The molecule has 0 atom stereocenters.